The molecular formula is C23H26Br2N4O2. The van der Waals surface area contributed by atoms with E-state index in [0.29, 0.717) is 12.1 Å². The molecule has 31 heavy (non-hydrogen) atoms. The van der Waals surface area contributed by atoms with Crippen LogP contribution in [0, 0.1) is 0 Å². The molecule has 2 aromatic carbocycles. The summed E-state index contributed by atoms with van der Waals surface area (Å²) in [5.41, 5.74) is 1.72. The highest BCUT2D eigenvalue weighted by atomic mass is 79.9. The van der Waals surface area contributed by atoms with Crippen molar-refractivity contribution in [1.82, 2.24) is 9.78 Å². The highest BCUT2D eigenvalue weighted by Gasteiger charge is 2.28. The molecule has 0 aliphatic carbocycles. The second-order valence-corrected chi connectivity index (χ2v) is 8.38. The van der Waals surface area contributed by atoms with E-state index < -0.39 is 0 Å². The molecule has 6 nitrogen and oxygen atoms in total. The molecule has 0 amide bonds. The van der Waals surface area contributed by atoms with Crippen LogP contribution in [0.15, 0.2) is 53.0 Å². The lowest BCUT2D eigenvalue weighted by Gasteiger charge is -2.05. The number of anilines is 1. The Hall–Kier alpha value is -2.19. The number of nitrogens with one attached hydrogen (secondary N) is 1. The highest BCUT2D eigenvalue weighted by Crippen LogP contribution is 2.17. The summed E-state index contributed by atoms with van der Waals surface area (Å²) in [5, 5.41) is 8.27. The summed E-state index contributed by atoms with van der Waals surface area (Å²) in [7, 11) is 1.66. The fraction of sp³-hybridized carbons (Fsp3) is 0.348. The Morgan fingerprint density at radius 3 is 2.58 bits per heavy atom. The standard InChI is InChI=1S/C23H26BrN4O2.BrH/c1-30-20-12-10-19(11-13-20)25-15-22-26-28(23-5-3-2-4-14-27(22)23)16-21(29)17-6-8-18(24)9-7-17;/h6-13,25H,2-5,14-16H2,1H3;1H/q+1;/p-1. The van der Waals surface area contributed by atoms with E-state index in [0.717, 1.165) is 53.4 Å². The van der Waals surface area contributed by atoms with Crippen molar-refractivity contribution in [2.75, 3.05) is 12.4 Å². The Morgan fingerprint density at radius 1 is 1.13 bits per heavy atom. The lowest BCUT2D eigenvalue weighted by atomic mass is 10.1. The zero-order chi connectivity index (χ0) is 20.9. The SMILES string of the molecule is COc1ccc(NCc2nn(CC(=O)c3ccc(Br)cc3)c3[n+]2CCCCC3)cc1.[Br-]. The summed E-state index contributed by atoms with van der Waals surface area (Å²) in [6, 6.07) is 15.4. The maximum atomic E-state index is 12.8. The molecule has 0 bridgehead atoms. The van der Waals surface area contributed by atoms with Crippen molar-refractivity contribution in [3.05, 3.63) is 70.2 Å². The third-order valence-corrected chi connectivity index (χ3v) is 5.97. The van der Waals surface area contributed by atoms with Crippen LogP contribution < -0.4 is 31.6 Å². The lowest BCUT2D eigenvalue weighted by molar-refractivity contribution is -0.710. The van der Waals surface area contributed by atoms with Crippen LogP contribution in [-0.2, 0) is 26.1 Å². The molecule has 1 aromatic heterocycles. The van der Waals surface area contributed by atoms with Gasteiger partial charge in [0.1, 0.15) is 12.3 Å². The minimum Gasteiger partial charge on any atom is -1.00 e. The van der Waals surface area contributed by atoms with Crippen LogP contribution in [0.25, 0.3) is 0 Å². The molecule has 4 rings (SSSR count). The van der Waals surface area contributed by atoms with Gasteiger partial charge < -0.3 is 27.0 Å². The molecule has 0 radical (unpaired) electrons. The number of hydrogen-bond acceptors (Lipinski definition) is 4. The number of ketones is 1. The Balaban J connectivity index is 0.00000272. The molecule has 2 heterocycles. The molecule has 1 N–H and O–H groups in total. The maximum Gasteiger partial charge on any atom is 0.296 e. The van der Waals surface area contributed by atoms with Crippen LogP contribution in [0.3, 0.4) is 0 Å². The van der Waals surface area contributed by atoms with Crippen molar-refractivity contribution in [3.8, 4) is 5.75 Å². The first-order valence-electron chi connectivity index (χ1n) is 10.3. The number of ether oxygens (including phenoxy) is 1. The molecule has 0 unspecified atom stereocenters. The fourth-order valence-electron chi connectivity index (χ4n) is 3.80. The van der Waals surface area contributed by atoms with Gasteiger partial charge in [0.25, 0.3) is 5.82 Å². The third-order valence-electron chi connectivity index (χ3n) is 5.44. The Morgan fingerprint density at radius 2 is 1.87 bits per heavy atom. The molecule has 0 spiro atoms. The molecule has 0 saturated heterocycles. The number of benzene rings is 2. The number of hydrogen-bond donors (Lipinski definition) is 1. The summed E-state index contributed by atoms with van der Waals surface area (Å²) >= 11 is 3.42. The van der Waals surface area contributed by atoms with E-state index in [-0.39, 0.29) is 29.3 Å². The summed E-state index contributed by atoms with van der Waals surface area (Å²) in [6.45, 7) is 1.82. The number of Topliss-reactive ketones (excluding diaryl/α,β-unsaturated/α-hetero) is 1. The number of aromatic nitrogens is 3. The van der Waals surface area contributed by atoms with Crippen molar-refractivity contribution in [3.63, 3.8) is 0 Å². The zero-order valence-electron chi connectivity index (χ0n) is 17.5. The predicted octanol–water partition coefficient (Wildman–Crippen LogP) is 1.17. The van der Waals surface area contributed by atoms with Crippen LogP contribution in [-0.4, -0.2) is 22.7 Å². The Kier molecular flexibility index (Phi) is 8.26. The average molecular weight is 550 g/mol. The van der Waals surface area contributed by atoms with E-state index in [1.165, 1.54) is 6.42 Å². The molecule has 0 fully saturated rings. The van der Waals surface area contributed by atoms with Crippen molar-refractivity contribution in [2.24, 2.45) is 0 Å². The monoisotopic (exact) mass is 548 g/mol. The summed E-state index contributed by atoms with van der Waals surface area (Å²) in [5.74, 6) is 3.02. The number of halogens is 2. The van der Waals surface area contributed by atoms with Gasteiger partial charge in [0.05, 0.1) is 13.7 Å². The Bertz CT molecular complexity index is 1020. The number of rotatable bonds is 7. The van der Waals surface area contributed by atoms with Gasteiger partial charge in [0.2, 0.25) is 5.82 Å². The van der Waals surface area contributed by atoms with E-state index in [9.17, 15) is 4.79 Å². The van der Waals surface area contributed by atoms with Gasteiger partial charge >= 0.3 is 0 Å². The number of fused-ring (bicyclic) bond motifs is 1. The smallest absolute Gasteiger partial charge is 0.296 e. The first kappa shape index (κ1) is 23.5. The van der Waals surface area contributed by atoms with Gasteiger partial charge in [-0.05, 0) is 55.7 Å². The maximum absolute atomic E-state index is 12.8. The minimum absolute atomic E-state index is 0. The van der Waals surface area contributed by atoms with E-state index in [4.69, 9.17) is 9.84 Å². The average Bonchev–Trinajstić information content (AvgIpc) is 2.93. The van der Waals surface area contributed by atoms with Gasteiger partial charge in [-0.1, -0.05) is 28.1 Å². The first-order valence-corrected chi connectivity index (χ1v) is 11.1. The van der Waals surface area contributed by atoms with E-state index in [1.807, 2.05) is 53.2 Å². The van der Waals surface area contributed by atoms with Crippen molar-refractivity contribution in [2.45, 2.75) is 45.3 Å². The van der Waals surface area contributed by atoms with Crippen LogP contribution >= 0.6 is 15.9 Å². The third kappa shape index (κ3) is 5.74. The summed E-state index contributed by atoms with van der Waals surface area (Å²) in [6.07, 6.45) is 4.42. The molecular weight excluding hydrogens is 524 g/mol. The lowest BCUT2D eigenvalue weighted by Crippen LogP contribution is -3.00. The second kappa shape index (κ2) is 10.9. The molecule has 0 atom stereocenters. The number of nitrogens with zero attached hydrogens (tertiary/aromatic N) is 3. The first-order chi connectivity index (χ1) is 14.6. The van der Waals surface area contributed by atoms with Crippen LogP contribution in [0.1, 0.15) is 41.3 Å². The topological polar surface area (TPSA) is 60.0 Å². The molecule has 8 heteroatoms. The van der Waals surface area contributed by atoms with Crippen LogP contribution in [0.2, 0.25) is 0 Å². The molecule has 164 valence electrons. The van der Waals surface area contributed by atoms with Gasteiger partial charge in [0.15, 0.2) is 12.3 Å². The fourth-order valence-corrected chi connectivity index (χ4v) is 4.07. The molecule has 3 aromatic rings. The zero-order valence-corrected chi connectivity index (χ0v) is 20.7. The number of methoxy groups -OCH3 is 1. The summed E-state index contributed by atoms with van der Waals surface area (Å²) < 4.78 is 10.4. The number of carbonyl (C=O) groups excluding carboxylic acids is 1. The molecule has 1 aliphatic rings. The second-order valence-electron chi connectivity index (χ2n) is 7.46. The van der Waals surface area contributed by atoms with Crippen molar-refractivity contribution < 1.29 is 31.1 Å². The quantitative estimate of drug-likeness (QED) is 0.355. The largest absolute Gasteiger partial charge is 1.00 e. The van der Waals surface area contributed by atoms with Gasteiger partial charge in [-0.25, -0.2) is 4.57 Å². The van der Waals surface area contributed by atoms with E-state index in [2.05, 4.69) is 25.8 Å². The van der Waals surface area contributed by atoms with Gasteiger partial charge in [-0.2, -0.15) is 0 Å². The van der Waals surface area contributed by atoms with E-state index in [1.54, 1.807) is 7.11 Å². The van der Waals surface area contributed by atoms with Crippen molar-refractivity contribution in [1.29, 1.82) is 0 Å². The van der Waals surface area contributed by atoms with Crippen LogP contribution in [0.4, 0.5) is 5.69 Å². The Labute approximate surface area is 201 Å². The molecule has 1 aliphatic heterocycles. The highest BCUT2D eigenvalue weighted by molar-refractivity contribution is 9.10. The van der Waals surface area contributed by atoms with Crippen molar-refractivity contribution >= 4 is 27.4 Å². The summed E-state index contributed by atoms with van der Waals surface area (Å²) in [4.78, 5) is 12.8. The van der Waals surface area contributed by atoms with Gasteiger partial charge in [0, 0.05) is 27.2 Å². The molecule has 0 saturated carbocycles. The van der Waals surface area contributed by atoms with Gasteiger partial charge in [-0.15, -0.1) is 4.68 Å². The van der Waals surface area contributed by atoms with Gasteiger partial charge in [-0.3, -0.25) is 4.79 Å². The number of carbonyl (C=O) groups is 1. The van der Waals surface area contributed by atoms with Crippen LogP contribution in [0.5, 0.6) is 5.75 Å². The predicted molar refractivity (Wildman–Crippen MR) is 119 cm³/mol. The minimum atomic E-state index is 0. The normalized spacial score (nSPS) is 13.0. The van der Waals surface area contributed by atoms with E-state index >= 15 is 0 Å².